The summed E-state index contributed by atoms with van der Waals surface area (Å²) < 4.78 is 0. The third kappa shape index (κ3) is 2.36. The van der Waals surface area contributed by atoms with E-state index >= 15 is 0 Å². The lowest BCUT2D eigenvalue weighted by Crippen LogP contribution is -2.17. The van der Waals surface area contributed by atoms with E-state index in [1.165, 1.54) is 16.3 Å². The average molecular weight is 259 g/mol. The number of allylic oxidation sites excluding steroid dienone is 3. The van der Waals surface area contributed by atoms with Gasteiger partial charge in [0.25, 0.3) is 0 Å². The number of anilines is 1. The van der Waals surface area contributed by atoms with Crippen LogP contribution < -0.4 is 4.90 Å². The van der Waals surface area contributed by atoms with Gasteiger partial charge in [-0.25, -0.2) is 0 Å². The summed E-state index contributed by atoms with van der Waals surface area (Å²) in [5.41, 5.74) is 2.39. The zero-order valence-electron chi connectivity index (χ0n) is 10.9. The van der Waals surface area contributed by atoms with Gasteiger partial charge < -0.3 is 4.90 Å². The number of hydrogen-bond donors (Lipinski definition) is 0. The van der Waals surface area contributed by atoms with Crippen LogP contribution in [0, 0.1) is 0 Å². The molecule has 0 unspecified atom stereocenters. The van der Waals surface area contributed by atoms with Crippen LogP contribution in [-0.2, 0) is 4.79 Å². The van der Waals surface area contributed by atoms with Gasteiger partial charge in [-0.05, 0) is 32.4 Å². The van der Waals surface area contributed by atoms with Crippen LogP contribution in [0.1, 0.15) is 27.2 Å². The van der Waals surface area contributed by atoms with E-state index in [4.69, 9.17) is 0 Å². The topological polar surface area (TPSA) is 20.3 Å². The molecule has 1 heterocycles. The van der Waals surface area contributed by atoms with Crippen LogP contribution in [0.3, 0.4) is 0 Å². The average Bonchev–Trinajstić information content (AvgIpc) is 2.69. The Morgan fingerprint density at radius 3 is 2.72 bits per heavy atom. The van der Waals surface area contributed by atoms with Crippen LogP contribution in [-0.4, -0.2) is 5.78 Å². The van der Waals surface area contributed by atoms with Crippen molar-refractivity contribution >= 4 is 23.2 Å². The molecule has 1 aliphatic rings. The van der Waals surface area contributed by atoms with Crippen LogP contribution in [0.4, 0.5) is 5.69 Å². The monoisotopic (exact) mass is 259 g/mol. The maximum absolute atomic E-state index is 11.4. The lowest BCUT2D eigenvalue weighted by molar-refractivity contribution is -0.112. The van der Waals surface area contributed by atoms with Crippen molar-refractivity contribution < 1.29 is 4.79 Å². The number of nitrogens with zero attached hydrogens (tertiary/aromatic N) is 1. The lowest BCUT2D eigenvalue weighted by Gasteiger charge is -2.22. The Kier molecular flexibility index (Phi) is 3.92. The molecule has 0 radical (unpaired) electrons. The summed E-state index contributed by atoms with van der Waals surface area (Å²) in [5, 5.41) is 0.999. The number of ketones is 1. The molecule has 18 heavy (non-hydrogen) atoms. The molecule has 0 bridgehead atoms. The first kappa shape index (κ1) is 13.0. The van der Waals surface area contributed by atoms with Gasteiger partial charge in [-0.3, -0.25) is 4.79 Å². The number of para-hydroxylation sites is 1. The Morgan fingerprint density at radius 2 is 2.11 bits per heavy atom. The largest absolute Gasteiger partial charge is 0.307 e. The molecule has 1 aromatic rings. The Hall–Kier alpha value is -1.48. The van der Waals surface area contributed by atoms with Crippen molar-refractivity contribution in [3.05, 3.63) is 47.1 Å². The summed E-state index contributed by atoms with van der Waals surface area (Å²) in [5.74, 6) is 0.0851. The molecule has 0 fully saturated rings. The van der Waals surface area contributed by atoms with Gasteiger partial charge in [0.05, 0.1) is 10.7 Å². The van der Waals surface area contributed by atoms with E-state index in [0.717, 1.165) is 11.4 Å². The summed E-state index contributed by atoms with van der Waals surface area (Å²) in [6.45, 7) is 5.76. The Bertz CT molecular complexity index is 531. The standard InChI is InChI=1S/C15H17NOS/c1-4-12(5-2)16-13-8-6-7-9-14(13)18-15(16)10-11(3)17/h4,6-10H,5H2,1-3H3/b12-4+,15-10-. The van der Waals surface area contributed by atoms with Crippen molar-refractivity contribution in [2.75, 3.05) is 4.90 Å². The van der Waals surface area contributed by atoms with Gasteiger partial charge in [-0.1, -0.05) is 36.9 Å². The van der Waals surface area contributed by atoms with Crippen molar-refractivity contribution in [3.8, 4) is 0 Å². The fourth-order valence-corrected chi connectivity index (χ4v) is 3.23. The van der Waals surface area contributed by atoms with E-state index < -0.39 is 0 Å². The fraction of sp³-hybridized carbons (Fsp3) is 0.267. The number of thioether (sulfide) groups is 1. The molecule has 1 aliphatic heterocycles. The molecule has 0 aromatic heterocycles. The van der Waals surface area contributed by atoms with Crippen molar-refractivity contribution in [3.63, 3.8) is 0 Å². The SMILES string of the molecule is C/C=C(\CC)N1/C(=C/C(C)=O)Sc2ccccc21. The molecule has 2 nitrogen and oxygen atoms in total. The third-order valence-electron chi connectivity index (χ3n) is 2.85. The molecule has 3 heteroatoms. The first-order valence-corrected chi connectivity index (χ1v) is 6.93. The summed E-state index contributed by atoms with van der Waals surface area (Å²) in [6, 6.07) is 8.26. The highest BCUT2D eigenvalue weighted by Crippen LogP contribution is 2.48. The summed E-state index contributed by atoms with van der Waals surface area (Å²) >= 11 is 1.66. The highest BCUT2D eigenvalue weighted by atomic mass is 32.2. The lowest BCUT2D eigenvalue weighted by atomic mass is 10.2. The zero-order valence-corrected chi connectivity index (χ0v) is 11.8. The summed E-state index contributed by atoms with van der Waals surface area (Å²) in [6.07, 6.45) is 4.76. The molecule has 0 N–H and O–H groups in total. The van der Waals surface area contributed by atoms with Crippen molar-refractivity contribution in [1.82, 2.24) is 0 Å². The van der Waals surface area contributed by atoms with E-state index in [-0.39, 0.29) is 5.78 Å². The van der Waals surface area contributed by atoms with Crippen molar-refractivity contribution in [2.45, 2.75) is 32.1 Å². The maximum Gasteiger partial charge on any atom is 0.155 e. The van der Waals surface area contributed by atoms with Crippen LogP contribution in [0.25, 0.3) is 0 Å². The smallest absolute Gasteiger partial charge is 0.155 e. The predicted molar refractivity (Wildman–Crippen MR) is 77.6 cm³/mol. The van der Waals surface area contributed by atoms with Gasteiger partial charge in [0, 0.05) is 16.7 Å². The Morgan fingerprint density at radius 1 is 1.39 bits per heavy atom. The second kappa shape index (κ2) is 5.44. The van der Waals surface area contributed by atoms with Crippen LogP contribution in [0.5, 0.6) is 0 Å². The maximum atomic E-state index is 11.4. The molecule has 1 aromatic carbocycles. The van der Waals surface area contributed by atoms with Crippen LogP contribution in [0.2, 0.25) is 0 Å². The molecule has 0 saturated heterocycles. The number of fused-ring (bicyclic) bond motifs is 1. The van der Waals surface area contributed by atoms with Gasteiger partial charge in [-0.15, -0.1) is 0 Å². The highest BCUT2D eigenvalue weighted by Gasteiger charge is 2.26. The molecule has 0 spiro atoms. The normalized spacial score (nSPS) is 17.2. The predicted octanol–water partition coefficient (Wildman–Crippen LogP) is 4.34. The quantitative estimate of drug-likeness (QED) is 0.753. The Labute approximate surface area is 112 Å². The minimum atomic E-state index is 0.0851. The molecule has 0 amide bonds. The molecule has 2 rings (SSSR count). The van der Waals surface area contributed by atoms with E-state index in [2.05, 4.69) is 30.0 Å². The van der Waals surface area contributed by atoms with E-state index in [9.17, 15) is 4.79 Å². The van der Waals surface area contributed by atoms with Crippen molar-refractivity contribution in [2.24, 2.45) is 0 Å². The minimum absolute atomic E-state index is 0.0851. The molecular weight excluding hydrogens is 242 g/mol. The van der Waals surface area contributed by atoms with Gasteiger partial charge in [0.15, 0.2) is 5.78 Å². The number of hydrogen-bond acceptors (Lipinski definition) is 3. The number of carbonyl (C=O) groups excluding carboxylic acids is 1. The second-order valence-corrected chi connectivity index (χ2v) is 5.19. The van der Waals surface area contributed by atoms with Crippen LogP contribution >= 0.6 is 11.8 Å². The number of rotatable bonds is 3. The zero-order chi connectivity index (χ0) is 13.1. The first-order chi connectivity index (χ1) is 8.67. The second-order valence-electron chi connectivity index (χ2n) is 4.13. The summed E-state index contributed by atoms with van der Waals surface area (Å²) in [4.78, 5) is 14.7. The molecular formula is C15H17NOS. The first-order valence-electron chi connectivity index (χ1n) is 6.11. The Balaban J connectivity index is 2.51. The molecule has 0 saturated carbocycles. The van der Waals surface area contributed by atoms with E-state index in [0.29, 0.717) is 0 Å². The van der Waals surface area contributed by atoms with Gasteiger partial charge in [0.1, 0.15) is 0 Å². The van der Waals surface area contributed by atoms with Gasteiger partial charge in [0.2, 0.25) is 0 Å². The van der Waals surface area contributed by atoms with Crippen LogP contribution in [0.15, 0.2) is 52.0 Å². The summed E-state index contributed by atoms with van der Waals surface area (Å²) in [7, 11) is 0. The third-order valence-corrected chi connectivity index (χ3v) is 3.93. The molecule has 94 valence electrons. The van der Waals surface area contributed by atoms with Gasteiger partial charge in [-0.2, -0.15) is 0 Å². The van der Waals surface area contributed by atoms with Crippen molar-refractivity contribution in [1.29, 1.82) is 0 Å². The van der Waals surface area contributed by atoms with E-state index in [1.807, 2.05) is 19.1 Å². The fourth-order valence-electron chi connectivity index (χ4n) is 2.06. The van der Waals surface area contributed by atoms with E-state index in [1.54, 1.807) is 24.8 Å². The molecule has 0 aliphatic carbocycles. The number of carbonyl (C=O) groups is 1. The number of benzene rings is 1. The molecule has 0 atom stereocenters. The van der Waals surface area contributed by atoms with Gasteiger partial charge >= 0.3 is 0 Å². The highest BCUT2D eigenvalue weighted by molar-refractivity contribution is 8.03. The minimum Gasteiger partial charge on any atom is -0.307 e.